The number of benzene rings is 3. The summed E-state index contributed by atoms with van der Waals surface area (Å²) in [4.78, 5) is 29.7. The van der Waals surface area contributed by atoms with E-state index in [2.05, 4.69) is 10.2 Å². The molecule has 6 heteroatoms. The van der Waals surface area contributed by atoms with Gasteiger partial charge in [0.1, 0.15) is 5.75 Å². The highest BCUT2D eigenvalue weighted by atomic mass is 16.5. The first-order chi connectivity index (χ1) is 15.5. The lowest BCUT2D eigenvalue weighted by Gasteiger charge is -2.34. The maximum absolute atomic E-state index is 13.2. The number of nitrogens with one attached hydrogen (secondary N) is 1. The number of hydrogen-bond acceptors (Lipinski definition) is 4. The summed E-state index contributed by atoms with van der Waals surface area (Å²) in [6, 6.07) is 17.7. The van der Waals surface area contributed by atoms with E-state index in [1.165, 1.54) is 0 Å². The molecule has 0 unspecified atom stereocenters. The van der Waals surface area contributed by atoms with E-state index in [0.29, 0.717) is 44.0 Å². The number of hydrogen-bond donors (Lipinski definition) is 1. The van der Waals surface area contributed by atoms with Crippen molar-refractivity contribution in [3.05, 3.63) is 71.3 Å². The molecule has 0 spiro atoms. The molecule has 3 aromatic rings. The van der Waals surface area contributed by atoms with E-state index in [1.807, 2.05) is 73.3 Å². The van der Waals surface area contributed by atoms with E-state index >= 15 is 0 Å². The van der Waals surface area contributed by atoms with E-state index < -0.39 is 0 Å². The lowest BCUT2D eigenvalue weighted by molar-refractivity contribution is -0.117. The zero-order valence-electron chi connectivity index (χ0n) is 18.9. The summed E-state index contributed by atoms with van der Waals surface area (Å²) < 4.78 is 5.50. The third-order valence-corrected chi connectivity index (χ3v) is 6.20. The molecule has 0 aliphatic carbocycles. The number of carbonyl (C=O) groups excluding carboxylic acids is 2. The van der Waals surface area contributed by atoms with E-state index in [0.717, 1.165) is 27.6 Å². The van der Waals surface area contributed by atoms with Crippen molar-refractivity contribution in [3.8, 4) is 5.75 Å². The minimum Gasteiger partial charge on any atom is -0.496 e. The molecule has 1 saturated heterocycles. The number of nitrogens with zero attached hydrogens (tertiary/aromatic N) is 2. The molecule has 0 radical (unpaired) electrons. The Labute approximate surface area is 188 Å². The van der Waals surface area contributed by atoms with Crippen molar-refractivity contribution < 1.29 is 14.3 Å². The normalized spacial score (nSPS) is 14.4. The average molecular weight is 432 g/mol. The van der Waals surface area contributed by atoms with Crippen LogP contribution in [0.5, 0.6) is 5.75 Å². The van der Waals surface area contributed by atoms with Crippen LogP contribution in [0, 0.1) is 13.8 Å². The second-order valence-corrected chi connectivity index (χ2v) is 8.26. The molecule has 2 amide bonds. The summed E-state index contributed by atoms with van der Waals surface area (Å²) in [5, 5.41) is 5.07. The molecule has 32 heavy (non-hydrogen) atoms. The molecule has 166 valence electrons. The van der Waals surface area contributed by atoms with Crippen LogP contribution in [0.2, 0.25) is 0 Å². The van der Waals surface area contributed by atoms with Gasteiger partial charge in [-0.3, -0.25) is 14.5 Å². The smallest absolute Gasteiger partial charge is 0.257 e. The maximum Gasteiger partial charge on any atom is 0.257 e. The van der Waals surface area contributed by atoms with Gasteiger partial charge in [-0.05, 0) is 53.9 Å². The van der Waals surface area contributed by atoms with Crippen LogP contribution in [0.25, 0.3) is 10.8 Å². The van der Waals surface area contributed by atoms with Crippen LogP contribution < -0.4 is 10.1 Å². The lowest BCUT2D eigenvalue weighted by atomic mass is 10.0. The number of aryl methyl sites for hydroxylation is 1. The van der Waals surface area contributed by atoms with Crippen LogP contribution >= 0.6 is 0 Å². The van der Waals surface area contributed by atoms with Crippen LogP contribution in [0.3, 0.4) is 0 Å². The standard InChI is InChI=1S/C26H29N3O3/c1-18-7-6-10-23(19(18)2)27-25(30)17-28-11-13-29(14-12-28)26(31)22-15-20-8-4-5-9-21(20)16-24(22)32-3/h4-10,15-16H,11-14,17H2,1-3H3,(H,27,30). The molecule has 0 aromatic heterocycles. The van der Waals surface area contributed by atoms with Gasteiger partial charge in [0.15, 0.2) is 0 Å². The van der Waals surface area contributed by atoms with E-state index in [9.17, 15) is 9.59 Å². The fourth-order valence-electron chi connectivity index (χ4n) is 4.11. The summed E-state index contributed by atoms with van der Waals surface area (Å²) in [5.41, 5.74) is 3.67. The Bertz CT molecular complexity index is 1150. The molecule has 1 heterocycles. The number of carbonyl (C=O) groups is 2. The molecule has 0 saturated carbocycles. The Hall–Kier alpha value is -3.38. The van der Waals surface area contributed by atoms with Crippen molar-refractivity contribution in [1.82, 2.24) is 9.80 Å². The van der Waals surface area contributed by atoms with E-state index in [-0.39, 0.29) is 11.8 Å². The van der Waals surface area contributed by atoms with Crippen molar-refractivity contribution in [2.24, 2.45) is 0 Å². The van der Waals surface area contributed by atoms with Crippen LogP contribution in [-0.4, -0.2) is 61.4 Å². The molecule has 6 nitrogen and oxygen atoms in total. The Kier molecular flexibility index (Phi) is 6.42. The Morgan fingerprint density at radius 3 is 2.31 bits per heavy atom. The largest absolute Gasteiger partial charge is 0.496 e. The first kappa shape index (κ1) is 21.8. The number of piperazine rings is 1. The second-order valence-electron chi connectivity index (χ2n) is 8.26. The van der Waals surface area contributed by atoms with Gasteiger partial charge >= 0.3 is 0 Å². The number of methoxy groups -OCH3 is 1. The van der Waals surface area contributed by atoms with Gasteiger partial charge in [0.2, 0.25) is 5.91 Å². The van der Waals surface area contributed by atoms with Gasteiger partial charge in [-0.25, -0.2) is 0 Å². The van der Waals surface area contributed by atoms with Gasteiger partial charge in [-0.1, -0.05) is 36.4 Å². The topological polar surface area (TPSA) is 61.9 Å². The van der Waals surface area contributed by atoms with Crippen LogP contribution in [0.1, 0.15) is 21.5 Å². The summed E-state index contributed by atoms with van der Waals surface area (Å²) in [6.07, 6.45) is 0. The van der Waals surface area contributed by atoms with Crippen molar-refractivity contribution in [2.75, 3.05) is 45.2 Å². The van der Waals surface area contributed by atoms with Gasteiger partial charge in [0.25, 0.3) is 5.91 Å². The highest BCUT2D eigenvalue weighted by Crippen LogP contribution is 2.27. The third-order valence-electron chi connectivity index (χ3n) is 6.20. The zero-order chi connectivity index (χ0) is 22.7. The number of ether oxygens (including phenoxy) is 1. The summed E-state index contributed by atoms with van der Waals surface area (Å²) >= 11 is 0. The molecule has 4 rings (SSSR count). The number of amides is 2. The molecule has 1 fully saturated rings. The Balaban J connectivity index is 1.37. The minimum absolute atomic E-state index is 0.0327. The molecule has 0 atom stereocenters. The van der Waals surface area contributed by atoms with Gasteiger partial charge in [0, 0.05) is 31.9 Å². The minimum atomic E-state index is -0.0351. The predicted octanol–water partition coefficient (Wildman–Crippen LogP) is 3.86. The molecule has 1 N–H and O–H groups in total. The molecular weight excluding hydrogens is 402 g/mol. The molecule has 1 aliphatic rings. The Morgan fingerprint density at radius 2 is 1.62 bits per heavy atom. The zero-order valence-corrected chi connectivity index (χ0v) is 18.9. The van der Waals surface area contributed by atoms with Crippen molar-refractivity contribution in [2.45, 2.75) is 13.8 Å². The van der Waals surface area contributed by atoms with Gasteiger partial charge in [-0.15, -0.1) is 0 Å². The van der Waals surface area contributed by atoms with Gasteiger partial charge < -0.3 is 15.0 Å². The van der Waals surface area contributed by atoms with Crippen molar-refractivity contribution in [1.29, 1.82) is 0 Å². The average Bonchev–Trinajstić information content (AvgIpc) is 2.81. The first-order valence-electron chi connectivity index (χ1n) is 10.9. The number of anilines is 1. The Morgan fingerprint density at radius 1 is 0.938 bits per heavy atom. The van der Waals surface area contributed by atoms with Crippen LogP contribution in [0.4, 0.5) is 5.69 Å². The molecule has 0 bridgehead atoms. The van der Waals surface area contributed by atoms with Crippen molar-refractivity contribution in [3.63, 3.8) is 0 Å². The number of rotatable bonds is 5. The van der Waals surface area contributed by atoms with Crippen LogP contribution in [0.15, 0.2) is 54.6 Å². The highest BCUT2D eigenvalue weighted by Gasteiger charge is 2.25. The molecule has 3 aromatic carbocycles. The lowest BCUT2D eigenvalue weighted by Crippen LogP contribution is -2.50. The summed E-state index contributed by atoms with van der Waals surface area (Å²) in [5.74, 6) is 0.519. The number of fused-ring (bicyclic) bond motifs is 1. The second kappa shape index (κ2) is 9.40. The fourth-order valence-corrected chi connectivity index (χ4v) is 4.11. The van der Waals surface area contributed by atoms with Crippen molar-refractivity contribution >= 4 is 28.3 Å². The van der Waals surface area contributed by atoms with Gasteiger partial charge in [-0.2, -0.15) is 0 Å². The van der Waals surface area contributed by atoms with E-state index in [4.69, 9.17) is 4.74 Å². The fraction of sp³-hybridized carbons (Fsp3) is 0.308. The third kappa shape index (κ3) is 4.60. The summed E-state index contributed by atoms with van der Waals surface area (Å²) in [7, 11) is 1.59. The summed E-state index contributed by atoms with van der Waals surface area (Å²) in [6.45, 7) is 6.82. The monoisotopic (exact) mass is 431 g/mol. The quantitative estimate of drug-likeness (QED) is 0.666. The van der Waals surface area contributed by atoms with Crippen LogP contribution in [-0.2, 0) is 4.79 Å². The highest BCUT2D eigenvalue weighted by molar-refractivity contribution is 6.01. The first-order valence-corrected chi connectivity index (χ1v) is 10.9. The van der Waals surface area contributed by atoms with Gasteiger partial charge in [0.05, 0.1) is 19.2 Å². The molecular formula is C26H29N3O3. The molecule has 1 aliphatic heterocycles. The predicted molar refractivity (Wildman–Crippen MR) is 127 cm³/mol. The SMILES string of the molecule is COc1cc2ccccc2cc1C(=O)N1CCN(CC(=O)Nc2cccc(C)c2C)CC1. The van der Waals surface area contributed by atoms with E-state index in [1.54, 1.807) is 7.11 Å². The maximum atomic E-state index is 13.2.